The van der Waals surface area contributed by atoms with Crippen LogP contribution in [0, 0.1) is 17.6 Å². The van der Waals surface area contributed by atoms with E-state index in [-0.39, 0.29) is 22.4 Å². The lowest BCUT2D eigenvalue weighted by Crippen LogP contribution is -2.40. The number of fused-ring (bicyclic) bond motifs is 1. The van der Waals surface area contributed by atoms with Crippen molar-refractivity contribution >= 4 is 16.8 Å². The van der Waals surface area contributed by atoms with E-state index in [0.29, 0.717) is 19.4 Å². The first-order valence-corrected chi connectivity index (χ1v) is 8.71. The van der Waals surface area contributed by atoms with Gasteiger partial charge in [-0.2, -0.15) is 5.10 Å². The molecule has 0 bridgehead atoms. The van der Waals surface area contributed by atoms with E-state index >= 15 is 0 Å². The van der Waals surface area contributed by atoms with Crippen molar-refractivity contribution in [1.82, 2.24) is 20.1 Å². The number of benzene rings is 1. The van der Waals surface area contributed by atoms with Crippen LogP contribution in [0.3, 0.4) is 0 Å². The molecule has 3 atom stereocenters. The summed E-state index contributed by atoms with van der Waals surface area (Å²) in [5, 5.41) is 17.2. The third-order valence-corrected chi connectivity index (χ3v) is 4.96. The quantitative estimate of drug-likeness (QED) is 0.736. The summed E-state index contributed by atoms with van der Waals surface area (Å²) < 4.78 is 29.4. The van der Waals surface area contributed by atoms with Crippen LogP contribution in [0.25, 0.3) is 10.9 Å². The lowest BCUT2D eigenvalue weighted by molar-refractivity contribution is 0.0872. The first-order valence-electron chi connectivity index (χ1n) is 8.71. The van der Waals surface area contributed by atoms with Gasteiger partial charge in [0.2, 0.25) is 0 Å². The van der Waals surface area contributed by atoms with Crippen molar-refractivity contribution in [2.45, 2.75) is 31.5 Å². The summed E-state index contributed by atoms with van der Waals surface area (Å²) in [5.41, 5.74) is 0.00136. The Balaban J connectivity index is 1.47. The molecule has 0 saturated heterocycles. The van der Waals surface area contributed by atoms with Crippen LogP contribution in [-0.2, 0) is 6.54 Å². The van der Waals surface area contributed by atoms with Gasteiger partial charge < -0.3 is 10.4 Å². The molecular weight excluding hydrogens is 354 g/mol. The number of nitrogens with one attached hydrogen (secondary N) is 1. The SMILES string of the molecule is O=C(N[C@@H]1CC(Cn2cccn2)C[C@H]1O)c1cnc2c(F)ccc(F)c2c1. The third kappa shape index (κ3) is 3.52. The fraction of sp³-hybridized carbons (Fsp3) is 0.316. The summed E-state index contributed by atoms with van der Waals surface area (Å²) in [6, 6.07) is 4.70. The second kappa shape index (κ2) is 7.03. The van der Waals surface area contributed by atoms with Crippen molar-refractivity contribution in [3.8, 4) is 0 Å². The monoisotopic (exact) mass is 372 g/mol. The van der Waals surface area contributed by atoms with Gasteiger partial charge in [-0.1, -0.05) is 0 Å². The summed E-state index contributed by atoms with van der Waals surface area (Å²) in [4.78, 5) is 16.4. The van der Waals surface area contributed by atoms with Crippen molar-refractivity contribution in [2.75, 3.05) is 0 Å². The number of aliphatic hydroxyl groups excluding tert-OH is 1. The number of hydrogen-bond acceptors (Lipinski definition) is 4. The summed E-state index contributed by atoms with van der Waals surface area (Å²) in [6.07, 6.45) is 5.25. The molecule has 1 amide bonds. The van der Waals surface area contributed by atoms with Crippen LogP contribution in [0.4, 0.5) is 8.78 Å². The predicted molar refractivity (Wildman–Crippen MR) is 93.9 cm³/mol. The van der Waals surface area contributed by atoms with E-state index in [0.717, 1.165) is 12.1 Å². The lowest BCUT2D eigenvalue weighted by Gasteiger charge is -2.16. The first-order chi connectivity index (χ1) is 13.0. The second-order valence-corrected chi connectivity index (χ2v) is 6.86. The van der Waals surface area contributed by atoms with Crippen LogP contribution in [-0.4, -0.2) is 37.9 Å². The van der Waals surface area contributed by atoms with Crippen molar-refractivity contribution in [3.63, 3.8) is 0 Å². The number of halogens is 2. The molecule has 0 radical (unpaired) electrons. The largest absolute Gasteiger partial charge is 0.391 e. The molecule has 140 valence electrons. The molecule has 1 aliphatic carbocycles. The maximum Gasteiger partial charge on any atom is 0.253 e. The van der Waals surface area contributed by atoms with Gasteiger partial charge in [0.15, 0.2) is 0 Å². The Morgan fingerprint density at radius 2 is 2.11 bits per heavy atom. The van der Waals surface area contributed by atoms with E-state index in [4.69, 9.17) is 0 Å². The highest BCUT2D eigenvalue weighted by Gasteiger charge is 2.34. The van der Waals surface area contributed by atoms with Crippen LogP contribution in [0.5, 0.6) is 0 Å². The zero-order chi connectivity index (χ0) is 19.0. The molecule has 1 aliphatic rings. The molecule has 1 saturated carbocycles. The first kappa shape index (κ1) is 17.5. The fourth-order valence-corrected chi connectivity index (χ4v) is 3.62. The number of aromatic nitrogens is 3. The highest BCUT2D eigenvalue weighted by atomic mass is 19.1. The van der Waals surface area contributed by atoms with Crippen molar-refractivity contribution in [3.05, 3.63) is 60.1 Å². The Morgan fingerprint density at radius 1 is 1.30 bits per heavy atom. The molecule has 1 fully saturated rings. The number of rotatable bonds is 4. The number of carbonyl (C=O) groups is 1. The van der Waals surface area contributed by atoms with E-state index in [1.807, 2.05) is 12.3 Å². The maximum atomic E-state index is 13.9. The number of amides is 1. The minimum atomic E-state index is -0.669. The van der Waals surface area contributed by atoms with Gasteiger partial charge in [-0.3, -0.25) is 14.5 Å². The van der Waals surface area contributed by atoms with Crippen molar-refractivity contribution in [1.29, 1.82) is 0 Å². The topological polar surface area (TPSA) is 80.0 Å². The molecule has 4 rings (SSSR count). The molecule has 6 nitrogen and oxygen atoms in total. The molecule has 0 aliphatic heterocycles. The van der Waals surface area contributed by atoms with Gasteiger partial charge in [0.25, 0.3) is 5.91 Å². The summed E-state index contributed by atoms with van der Waals surface area (Å²) in [7, 11) is 0. The van der Waals surface area contributed by atoms with Gasteiger partial charge >= 0.3 is 0 Å². The Labute approximate surface area is 153 Å². The highest BCUT2D eigenvalue weighted by Crippen LogP contribution is 2.28. The normalized spacial score (nSPS) is 22.3. The van der Waals surface area contributed by atoms with Gasteiger partial charge in [-0.15, -0.1) is 0 Å². The van der Waals surface area contributed by atoms with Crippen LogP contribution < -0.4 is 5.32 Å². The number of hydrogen-bond donors (Lipinski definition) is 2. The Hall–Kier alpha value is -2.87. The molecular formula is C19H18F2N4O2. The van der Waals surface area contributed by atoms with E-state index < -0.39 is 29.7 Å². The van der Waals surface area contributed by atoms with Gasteiger partial charge in [0.05, 0.1) is 17.7 Å². The predicted octanol–water partition coefficient (Wildman–Crippen LogP) is 2.28. The smallest absolute Gasteiger partial charge is 0.253 e. The molecule has 1 aromatic carbocycles. The molecule has 8 heteroatoms. The van der Waals surface area contributed by atoms with Crippen LogP contribution in [0.15, 0.2) is 42.9 Å². The second-order valence-electron chi connectivity index (χ2n) is 6.86. The average Bonchev–Trinajstić information content (AvgIpc) is 3.28. The maximum absolute atomic E-state index is 13.9. The van der Waals surface area contributed by atoms with E-state index in [9.17, 15) is 18.7 Å². The van der Waals surface area contributed by atoms with Gasteiger partial charge in [0, 0.05) is 30.5 Å². The fourth-order valence-electron chi connectivity index (χ4n) is 3.62. The Kier molecular flexibility index (Phi) is 4.57. The summed E-state index contributed by atoms with van der Waals surface area (Å²) in [5.74, 6) is -1.58. The molecule has 0 spiro atoms. The summed E-state index contributed by atoms with van der Waals surface area (Å²) >= 11 is 0. The molecule has 1 unspecified atom stereocenters. The minimum absolute atomic E-state index is 0.0498. The third-order valence-electron chi connectivity index (χ3n) is 4.96. The molecule has 3 aromatic rings. The average molecular weight is 372 g/mol. The highest BCUT2D eigenvalue weighted by molar-refractivity contribution is 5.97. The zero-order valence-corrected chi connectivity index (χ0v) is 14.3. The van der Waals surface area contributed by atoms with Gasteiger partial charge in [0.1, 0.15) is 17.2 Å². The van der Waals surface area contributed by atoms with Gasteiger partial charge in [-0.25, -0.2) is 8.78 Å². The molecule has 2 N–H and O–H groups in total. The van der Waals surface area contributed by atoms with Crippen LogP contribution in [0.2, 0.25) is 0 Å². The van der Waals surface area contributed by atoms with E-state index in [2.05, 4.69) is 15.4 Å². The lowest BCUT2D eigenvalue weighted by atomic mass is 10.1. The van der Waals surface area contributed by atoms with E-state index in [1.165, 1.54) is 12.3 Å². The van der Waals surface area contributed by atoms with E-state index in [1.54, 1.807) is 10.9 Å². The zero-order valence-electron chi connectivity index (χ0n) is 14.3. The summed E-state index contributed by atoms with van der Waals surface area (Å²) in [6.45, 7) is 0.665. The number of nitrogens with zero attached hydrogens (tertiary/aromatic N) is 3. The van der Waals surface area contributed by atoms with Gasteiger partial charge in [-0.05, 0) is 43.0 Å². The van der Waals surface area contributed by atoms with Crippen molar-refractivity contribution in [2.24, 2.45) is 5.92 Å². The minimum Gasteiger partial charge on any atom is -0.391 e. The molecule has 2 aromatic heterocycles. The van der Waals surface area contributed by atoms with Crippen LogP contribution >= 0.6 is 0 Å². The Bertz CT molecular complexity index is 977. The standard InChI is InChI=1S/C19H18F2N4O2/c20-14-2-3-15(21)18-13(14)8-12(9-22-18)19(27)24-16-6-11(7-17(16)26)10-25-5-1-4-23-25/h1-5,8-9,11,16-17,26H,6-7,10H2,(H,24,27)/t11?,16-,17-/m1/s1. The number of carbonyl (C=O) groups excluding carboxylic acids is 1. The number of pyridine rings is 1. The van der Waals surface area contributed by atoms with Crippen LogP contribution in [0.1, 0.15) is 23.2 Å². The van der Waals surface area contributed by atoms with Crippen molar-refractivity contribution < 1.29 is 18.7 Å². The molecule has 2 heterocycles. The number of aliphatic hydroxyl groups is 1. The molecule has 27 heavy (non-hydrogen) atoms. The Morgan fingerprint density at radius 3 is 2.89 bits per heavy atom.